The molecule has 16 valence electrons. The van der Waals surface area contributed by atoms with Gasteiger partial charge in [-0.3, -0.25) is 0 Å². The van der Waals surface area contributed by atoms with Crippen molar-refractivity contribution in [2.45, 2.75) is 0 Å². The van der Waals surface area contributed by atoms with Crippen LogP contribution in [0.25, 0.3) is 0 Å². The largest absolute Gasteiger partial charge is 3.00 e. The minimum absolute atomic E-state index is 0. The molecule has 0 aromatic carbocycles. The van der Waals surface area contributed by atoms with Gasteiger partial charge in [0.05, 0.1) is 0 Å². The fourth-order valence-electron chi connectivity index (χ4n) is 0. The second-order valence-corrected chi connectivity index (χ2v) is 0. The summed E-state index contributed by atoms with van der Waals surface area (Å²) in [5, 5.41) is 0. The molecule has 4 heavy (non-hydrogen) atoms. The molecule has 0 atom stereocenters. The van der Waals surface area contributed by atoms with Crippen molar-refractivity contribution >= 4 is 0 Å². The summed E-state index contributed by atoms with van der Waals surface area (Å²) >= 11 is 0. The predicted octanol–water partition coefficient (Wildman–Crippen LogP) is -8.99. The second-order valence-electron chi connectivity index (χ2n) is 0. The van der Waals surface area contributed by atoms with Crippen LogP contribution in [-0.4, -0.2) is 0 Å². The third-order valence-corrected chi connectivity index (χ3v) is 0. The van der Waals surface area contributed by atoms with E-state index in [-0.39, 0.29) is 69.6 Å². The smallest absolute Gasteiger partial charge is 1.00 e. The van der Waals surface area contributed by atoms with Gasteiger partial charge in [-0.05, 0) is 0 Å². The maximum Gasteiger partial charge on any atom is 3.00 e. The Kier molecular flexibility index (Phi) is 216. The summed E-state index contributed by atoms with van der Waals surface area (Å²) in [5.41, 5.74) is 0. The Hall–Kier alpha value is 1.82. The summed E-state index contributed by atoms with van der Waals surface area (Å²) in [5.74, 6) is 0. The molecule has 0 N–H and O–H groups in total. The van der Waals surface area contributed by atoms with E-state index in [1.165, 1.54) is 0 Å². The molecule has 0 rings (SSSR count). The Balaban J connectivity index is 0. The van der Waals surface area contributed by atoms with Crippen LogP contribution in [0.15, 0.2) is 0 Å². The monoisotopic (exact) mass is 186 g/mol. The van der Waals surface area contributed by atoms with Gasteiger partial charge in [0, 0.05) is 0 Å². The Bertz CT molecular complexity index is 6.00. The van der Waals surface area contributed by atoms with Crippen molar-refractivity contribution in [3.05, 3.63) is 0 Å². The van der Waals surface area contributed by atoms with Crippen molar-refractivity contribution in [2.75, 3.05) is 0 Å². The molecule has 0 fully saturated rings. The van der Waals surface area contributed by atoms with Gasteiger partial charge < -0.3 is 9.41 Å². The molecule has 0 radical (unpaired) electrons. The van der Waals surface area contributed by atoms with Gasteiger partial charge >= 0.3 is 60.2 Å². The molecule has 0 aliphatic heterocycles. The van der Waals surface area contributed by atoms with Crippen molar-refractivity contribution in [1.82, 2.24) is 0 Å². The van der Waals surface area contributed by atoms with Crippen molar-refractivity contribution < 1.29 is 69.6 Å². The molecule has 0 amide bonds. The molecule has 0 saturated heterocycles. The molecule has 0 nitrogen and oxygen atoms in total. The zero-order valence-corrected chi connectivity index (χ0v) is 6.04. The van der Waals surface area contributed by atoms with Crippen LogP contribution in [0.5, 0.6) is 0 Å². The first kappa shape index (κ1) is 40.8. The second kappa shape index (κ2) is 21.2. The molecule has 0 heterocycles. The van der Waals surface area contributed by atoms with E-state index >= 15 is 0 Å². The number of rotatable bonds is 0. The Morgan fingerprint density at radius 2 is 0.750 bits per heavy atom. The third kappa shape index (κ3) is 9.17. The zero-order valence-electron chi connectivity index (χ0n) is 2.33. The van der Waals surface area contributed by atoms with Crippen LogP contribution in [-0.2, 0) is 0 Å². The maximum atomic E-state index is 0. The van der Waals surface area contributed by atoms with Gasteiger partial charge in [0.1, 0.15) is 0 Å². The van der Waals surface area contributed by atoms with E-state index in [4.69, 9.17) is 0 Å². The fourth-order valence-corrected chi connectivity index (χ4v) is 0. The van der Waals surface area contributed by atoms with Gasteiger partial charge in [-0.2, -0.15) is 0 Å². The molecular weight excluding hydrogens is 186 g/mol. The van der Waals surface area contributed by atoms with Crippen LogP contribution >= 0.6 is 0 Å². The van der Waals surface area contributed by atoms with Crippen LogP contribution in [0.1, 0.15) is 0 Å². The van der Waals surface area contributed by atoms with Crippen LogP contribution in [0.4, 0.5) is 0 Å². The molecular formula is F2LiPr+2. The first-order valence-electron chi connectivity index (χ1n) is 0. The summed E-state index contributed by atoms with van der Waals surface area (Å²) in [7, 11) is 0. The SMILES string of the molecule is [F-].[F-].[Li+].[Pr+3]. The van der Waals surface area contributed by atoms with Gasteiger partial charge in [0.15, 0.2) is 0 Å². The number of hydrogen-bond donors (Lipinski definition) is 0. The molecule has 0 aliphatic carbocycles. The molecule has 0 bridgehead atoms. The molecule has 4 heteroatoms. The average molecular weight is 186 g/mol. The minimum Gasteiger partial charge on any atom is -1.00 e. The van der Waals surface area contributed by atoms with E-state index in [1.54, 1.807) is 0 Å². The number of halogens is 2. The van der Waals surface area contributed by atoms with Gasteiger partial charge in [0.2, 0.25) is 0 Å². The normalized spacial score (nSPS) is 0. The standard InChI is InChI=1S/2FH.Li.Pr/h2*1H;;/q;;+1;+3/p-2. The van der Waals surface area contributed by atoms with Gasteiger partial charge in [0.25, 0.3) is 0 Å². The van der Waals surface area contributed by atoms with Crippen molar-refractivity contribution in [2.24, 2.45) is 0 Å². The predicted molar refractivity (Wildman–Crippen MR) is 0 cm³/mol. The molecule has 0 unspecified atom stereocenters. The molecule has 0 aromatic rings. The summed E-state index contributed by atoms with van der Waals surface area (Å²) in [6, 6.07) is 0. The first-order valence-corrected chi connectivity index (χ1v) is 0. The third-order valence-electron chi connectivity index (χ3n) is 0. The van der Waals surface area contributed by atoms with Crippen molar-refractivity contribution in [1.29, 1.82) is 0 Å². The van der Waals surface area contributed by atoms with Gasteiger partial charge in [-0.25, -0.2) is 0 Å². The van der Waals surface area contributed by atoms with E-state index in [0.717, 1.165) is 0 Å². The van der Waals surface area contributed by atoms with E-state index in [9.17, 15) is 0 Å². The summed E-state index contributed by atoms with van der Waals surface area (Å²) in [4.78, 5) is 0. The molecule has 0 aliphatic rings. The Morgan fingerprint density at radius 1 is 0.750 bits per heavy atom. The first-order chi connectivity index (χ1) is 0. The molecule has 0 aromatic heterocycles. The average Bonchev–Trinajstić information content (AvgIpc) is 0. The van der Waals surface area contributed by atoms with E-state index in [2.05, 4.69) is 0 Å². The van der Waals surface area contributed by atoms with Crippen molar-refractivity contribution in [3.63, 3.8) is 0 Å². The van der Waals surface area contributed by atoms with Crippen LogP contribution in [0.3, 0.4) is 0 Å². The quantitative estimate of drug-likeness (QED) is 0.329. The van der Waals surface area contributed by atoms with Gasteiger partial charge in [-0.1, -0.05) is 0 Å². The Labute approximate surface area is 68.6 Å². The number of hydrogen-bond acceptors (Lipinski definition) is 0. The summed E-state index contributed by atoms with van der Waals surface area (Å²) in [6.45, 7) is 0. The summed E-state index contributed by atoms with van der Waals surface area (Å²) < 4.78 is 0. The minimum atomic E-state index is 0. The van der Waals surface area contributed by atoms with Gasteiger partial charge in [-0.15, -0.1) is 0 Å². The fraction of sp³-hybridized carbons (Fsp3) is 0. The molecule has 0 saturated carbocycles. The molecule has 0 spiro atoms. The maximum absolute atomic E-state index is 0. The van der Waals surface area contributed by atoms with Crippen LogP contribution < -0.4 is 28.3 Å². The van der Waals surface area contributed by atoms with Crippen molar-refractivity contribution in [3.8, 4) is 0 Å². The van der Waals surface area contributed by atoms with E-state index in [0.29, 0.717) is 0 Å². The zero-order chi connectivity index (χ0) is 0. The van der Waals surface area contributed by atoms with Crippen LogP contribution in [0.2, 0.25) is 0 Å². The van der Waals surface area contributed by atoms with E-state index in [1.807, 2.05) is 0 Å². The Morgan fingerprint density at radius 3 is 0.750 bits per heavy atom. The van der Waals surface area contributed by atoms with Crippen LogP contribution in [0, 0.1) is 41.3 Å². The summed E-state index contributed by atoms with van der Waals surface area (Å²) in [6.07, 6.45) is 0. The van der Waals surface area contributed by atoms with E-state index < -0.39 is 0 Å². The topological polar surface area (TPSA) is 0 Å².